The van der Waals surface area contributed by atoms with Crippen LogP contribution in [0.3, 0.4) is 0 Å². The van der Waals surface area contributed by atoms with Crippen molar-refractivity contribution >= 4 is 34.0 Å². The highest BCUT2D eigenvalue weighted by Gasteiger charge is 2.34. The van der Waals surface area contributed by atoms with Crippen LogP contribution in [-0.4, -0.2) is 32.0 Å². The number of carbonyl (C=O) groups is 2. The van der Waals surface area contributed by atoms with E-state index in [0.29, 0.717) is 22.7 Å². The van der Waals surface area contributed by atoms with Crippen LogP contribution in [0.25, 0.3) is 10.8 Å². The van der Waals surface area contributed by atoms with E-state index in [1.165, 1.54) is 16.9 Å². The molecular formula is C36H29F2N3O3. The van der Waals surface area contributed by atoms with Crippen LogP contribution in [0.5, 0.6) is 5.75 Å². The Morgan fingerprint density at radius 2 is 1.43 bits per heavy atom. The predicted octanol–water partition coefficient (Wildman–Crippen LogP) is 6.85. The van der Waals surface area contributed by atoms with Crippen LogP contribution in [0.4, 0.5) is 20.2 Å². The summed E-state index contributed by atoms with van der Waals surface area (Å²) in [4.78, 5) is 31.3. The molecular weight excluding hydrogens is 560 g/mol. The molecule has 0 saturated carbocycles. The monoisotopic (exact) mass is 589 g/mol. The second-order valence-electron chi connectivity index (χ2n) is 10.4. The third-order valence-corrected chi connectivity index (χ3v) is 7.45. The van der Waals surface area contributed by atoms with Crippen LogP contribution in [0.15, 0.2) is 109 Å². The van der Waals surface area contributed by atoms with Gasteiger partial charge in [-0.1, -0.05) is 42.5 Å². The molecule has 0 aromatic heterocycles. The van der Waals surface area contributed by atoms with Crippen molar-refractivity contribution in [2.45, 2.75) is 18.9 Å². The van der Waals surface area contributed by atoms with Gasteiger partial charge in [0, 0.05) is 30.9 Å². The Bertz CT molecular complexity index is 1830. The van der Waals surface area contributed by atoms with Gasteiger partial charge in [0.15, 0.2) is 0 Å². The molecule has 0 bridgehead atoms. The average molecular weight is 590 g/mol. The minimum atomic E-state index is -1.19. The van der Waals surface area contributed by atoms with Crippen molar-refractivity contribution in [3.05, 3.63) is 138 Å². The standard InChI is InChI=1S/C36H29F2N3O3/c1-40(31-13-15-33(44-2)16-14-31)36(43)34(20-26-18-29(37)22-30(38)19-26)41(32-11-8-24(23-39)9-12-32)35(42)21-25-7-10-27-5-3-4-6-28(27)17-25/h3-19,22,34H,20-21H2,1-2H3. The number of carbonyl (C=O) groups excluding carboxylic acids is 2. The quantitative estimate of drug-likeness (QED) is 0.189. The maximum Gasteiger partial charge on any atom is 0.250 e. The SMILES string of the molecule is COc1ccc(N(C)C(=O)C(Cc2cc(F)cc(F)c2)N(C(=O)Cc2ccc3ccccc3c2)c2ccc(C#N)cc2)cc1. The summed E-state index contributed by atoms with van der Waals surface area (Å²) in [7, 11) is 3.11. The normalized spacial score (nSPS) is 11.4. The summed E-state index contributed by atoms with van der Waals surface area (Å²) < 4.78 is 33.8. The van der Waals surface area contributed by atoms with E-state index in [0.717, 1.165) is 34.5 Å². The van der Waals surface area contributed by atoms with Gasteiger partial charge in [0.25, 0.3) is 0 Å². The first-order valence-electron chi connectivity index (χ1n) is 13.9. The Balaban J connectivity index is 1.59. The number of benzene rings is 5. The zero-order chi connectivity index (χ0) is 31.2. The van der Waals surface area contributed by atoms with Crippen LogP contribution >= 0.6 is 0 Å². The Morgan fingerprint density at radius 3 is 2.07 bits per heavy atom. The Hall–Kier alpha value is -5.55. The van der Waals surface area contributed by atoms with E-state index < -0.39 is 29.5 Å². The van der Waals surface area contributed by atoms with Crippen molar-refractivity contribution in [3.8, 4) is 11.8 Å². The molecule has 220 valence electrons. The molecule has 0 spiro atoms. The first-order valence-corrected chi connectivity index (χ1v) is 13.9. The number of methoxy groups -OCH3 is 1. The second-order valence-corrected chi connectivity index (χ2v) is 10.4. The van der Waals surface area contributed by atoms with Gasteiger partial charge < -0.3 is 9.64 Å². The van der Waals surface area contributed by atoms with Crippen molar-refractivity contribution in [2.75, 3.05) is 24.0 Å². The summed E-state index contributed by atoms with van der Waals surface area (Å²) in [6.07, 6.45) is -0.212. The van der Waals surface area contributed by atoms with Crippen molar-refractivity contribution in [1.82, 2.24) is 0 Å². The van der Waals surface area contributed by atoms with Gasteiger partial charge in [0.1, 0.15) is 23.4 Å². The fraction of sp³-hybridized carbons (Fsp3) is 0.139. The third-order valence-electron chi connectivity index (χ3n) is 7.45. The largest absolute Gasteiger partial charge is 0.497 e. The zero-order valence-electron chi connectivity index (χ0n) is 24.2. The fourth-order valence-electron chi connectivity index (χ4n) is 5.20. The molecule has 0 aliphatic rings. The minimum absolute atomic E-state index is 0.0433. The molecule has 0 saturated heterocycles. The molecule has 0 aliphatic heterocycles. The van der Waals surface area contributed by atoms with Crippen LogP contribution in [0.2, 0.25) is 0 Å². The lowest BCUT2D eigenvalue weighted by Crippen LogP contribution is -2.52. The van der Waals surface area contributed by atoms with E-state index in [9.17, 15) is 23.6 Å². The highest BCUT2D eigenvalue weighted by Crippen LogP contribution is 2.27. The van der Waals surface area contributed by atoms with Crippen LogP contribution in [0, 0.1) is 23.0 Å². The number of ether oxygens (including phenoxy) is 1. The first kappa shape index (κ1) is 29.9. The highest BCUT2D eigenvalue weighted by atomic mass is 19.1. The van der Waals surface area contributed by atoms with E-state index >= 15 is 0 Å². The lowest BCUT2D eigenvalue weighted by molar-refractivity contribution is -0.124. The number of halogens is 2. The predicted molar refractivity (Wildman–Crippen MR) is 167 cm³/mol. The molecule has 8 heteroatoms. The molecule has 0 fully saturated rings. The molecule has 44 heavy (non-hydrogen) atoms. The van der Waals surface area contributed by atoms with Crippen molar-refractivity contribution in [1.29, 1.82) is 5.26 Å². The molecule has 5 rings (SSSR count). The lowest BCUT2D eigenvalue weighted by Gasteiger charge is -2.34. The van der Waals surface area contributed by atoms with E-state index in [1.807, 2.05) is 42.5 Å². The number of fused-ring (bicyclic) bond motifs is 1. The molecule has 6 nitrogen and oxygen atoms in total. The molecule has 0 heterocycles. The molecule has 5 aromatic rings. The smallest absolute Gasteiger partial charge is 0.250 e. The topological polar surface area (TPSA) is 73.6 Å². The van der Waals surface area contributed by atoms with E-state index in [4.69, 9.17) is 4.74 Å². The van der Waals surface area contributed by atoms with Gasteiger partial charge in [-0.25, -0.2) is 8.78 Å². The number of rotatable bonds is 9. The lowest BCUT2D eigenvalue weighted by atomic mass is 9.99. The maximum absolute atomic E-state index is 14.3. The van der Waals surface area contributed by atoms with E-state index in [1.54, 1.807) is 55.6 Å². The number of hydrogen-bond acceptors (Lipinski definition) is 4. The van der Waals surface area contributed by atoms with Gasteiger partial charge in [-0.3, -0.25) is 14.5 Å². The first-order chi connectivity index (χ1) is 21.2. The number of nitriles is 1. The Kier molecular flexibility index (Phi) is 8.96. The number of anilines is 2. The second kappa shape index (κ2) is 13.2. The molecule has 5 aromatic carbocycles. The molecule has 0 radical (unpaired) electrons. The average Bonchev–Trinajstić information content (AvgIpc) is 3.03. The van der Waals surface area contributed by atoms with Gasteiger partial charge >= 0.3 is 0 Å². The number of amides is 2. The van der Waals surface area contributed by atoms with E-state index in [2.05, 4.69) is 6.07 Å². The van der Waals surface area contributed by atoms with Crippen LogP contribution in [0.1, 0.15) is 16.7 Å². The summed E-state index contributed by atoms with van der Waals surface area (Å²) in [5.41, 5.74) is 2.22. The Labute approximate surface area is 254 Å². The van der Waals surface area contributed by atoms with Gasteiger partial charge in [-0.05, 0) is 82.6 Å². The number of hydrogen-bond donors (Lipinski definition) is 0. The molecule has 0 N–H and O–H groups in total. The van der Waals surface area contributed by atoms with Crippen molar-refractivity contribution in [3.63, 3.8) is 0 Å². The van der Waals surface area contributed by atoms with Gasteiger partial charge in [-0.2, -0.15) is 5.26 Å². The fourth-order valence-corrected chi connectivity index (χ4v) is 5.20. The third kappa shape index (κ3) is 6.74. The summed E-state index contributed by atoms with van der Waals surface area (Å²) >= 11 is 0. The summed E-state index contributed by atoms with van der Waals surface area (Å²) in [6, 6.07) is 30.6. The number of likely N-dealkylation sites (N-methyl/N-ethyl adjacent to an activating group) is 1. The van der Waals surface area contributed by atoms with Crippen molar-refractivity contribution < 1.29 is 23.1 Å². The summed E-state index contributed by atoms with van der Waals surface area (Å²) in [5, 5.41) is 11.4. The maximum atomic E-state index is 14.3. The summed E-state index contributed by atoms with van der Waals surface area (Å²) in [6.45, 7) is 0. The highest BCUT2D eigenvalue weighted by molar-refractivity contribution is 6.06. The van der Waals surface area contributed by atoms with Crippen molar-refractivity contribution in [2.24, 2.45) is 0 Å². The molecule has 2 amide bonds. The van der Waals surface area contributed by atoms with Crippen LogP contribution in [-0.2, 0) is 22.4 Å². The molecule has 0 aliphatic carbocycles. The Morgan fingerprint density at radius 1 is 0.795 bits per heavy atom. The molecule has 1 unspecified atom stereocenters. The van der Waals surface area contributed by atoms with Gasteiger partial charge in [0.05, 0.1) is 25.2 Å². The zero-order valence-corrected chi connectivity index (χ0v) is 24.2. The van der Waals surface area contributed by atoms with Gasteiger partial charge in [0.2, 0.25) is 11.8 Å². The minimum Gasteiger partial charge on any atom is -0.497 e. The molecule has 1 atom stereocenters. The summed E-state index contributed by atoms with van der Waals surface area (Å²) in [5.74, 6) is -1.85. The number of nitrogens with zero attached hydrogens (tertiary/aromatic N) is 3. The van der Waals surface area contributed by atoms with Crippen LogP contribution < -0.4 is 14.5 Å². The van der Waals surface area contributed by atoms with E-state index in [-0.39, 0.29) is 18.4 Å². The van der Waals surface area contributed by atoms with Gasteiger partial charge in [-0.15, -0.1) is 0 Å².